The zero-order valence-electron chi connectivity index (χ0n) is 6.66. The number of thiol groups is 1. The van der Waals surface area contributed by atoms with Gasteiger partial charge in [0.1, 0.15) is 0 Å². The molecule has 0 aromatic heterocycles. The molecule has 66 valence electrons. The molecule has 0 spiro atoms. The van der Waals surface area contributed by atoms with E-state index in [2.05, 4.69) is 54.8 Å². The fraction of sp³-hybridized carbons (Fsp3) is 1.00. The Labute approximate surface area is 87.4 Å². The summed E-state index contributed by atoms with van der Waals surface area (Å²) in [6, 6.07) is 0. The lowest BCUT2D eigenvalue weighted by Gasteiger charge is -2.06. The van der Waals surface area contributed by atoms with Gasteiger partial charge in [-0.3, -0.25) is 0 Å². The second-order valence-electron chi connectivity index (χ2n) is 2.41. The van der Waals surface area contributed by atoms with Crippen molar-refractivity contribution in [3.63, 3.8) is 0 Å². The first-order chi connectivity index (χ1) is 5.33. The van der Waals surface area contributed by atoms with Crippen LogP contribution in [0.5, 0.6) is 0 Å². The number of hydrogen-bond donors (Lipinski definition) is 1. The van der Waals surface area contributed by atoms with E-state index < -0.39 is 0 Å². The normalized spacial score (nSPS) is 31.1. The molecule has 1 fully saturated rings. The monoisotopic (exact) mass is 226 g/mol. The maximum absolute atomic E-state index is 4.19. The average molecular weight is 226 g/mol. The largest absolute Gasteiger partial charge is 0.179 e. The molecule has 1 saturated heterocycles. The van der Waals surface area contributed by atoms with Gasteiger partial charge in [0.2, 0.25) is 0 Å². The number of thioether (sulfide) groups is 3. The van der Waals surface area contributed by atoms with Crippen LogP contribution in [-0.4, -0.2) is 26.4 Å². The van der Waals surface area contributed by atoms with Gasteiger partial charge in [-0.25, -0.2) is 0 Å². The third kappa shape index (κ3) is 4.25. The van der Waals surface area contributed by atoms with Crippen molar-refractivity contribution < 1.29 is 0 Å². The Morgan fingerprint density at radius 2 is 2.45 bits per heavy atom. The predicted molar refractivity (Wildman–Crippen MR) is 64.2 cm³/mol. The Morgan fingerprint density at radius 1 is 1.64 bits per heavy atom. The van der Waals surface area contributed by atoms with Crippen molar-refractivity contribution in [1.29, 1.82) is 0 Å². The van der Waals surface area contributed by atoms with Crippen molar-refractivity contribution in [2.75, 3.05) is 17.3 Å². The summed E-state index contributed by atoms with van der Waals surface area (Å²) in [4.78, 5) is 0. The van der Waals surface area contributed by atoms with E-state index in [-0.39, 0.29) is 0 Å². The molecule has 1 aliphatic rings. The zero-order chi connectivity index (χ0) is 8.10. The molecule has 0 aromatic carbocycles. The first kappa shape index (κ1) is 10.5. The van der Waals surface area contributed by atoms with Crippen molar-refractivity contribution in [1.82, 2.24) is 0 Å². The average Bonchev–Trinajstić information content (AvgIpc) is 2.37. The maximum Gasteiger partial charge on any atom is 0.0604 e. The SMILES string of the molecule is CC1SCC(SCCCS)S1. The van der Waals surface area contributed by atoms with Crippen molar-refractivity contribution in [3.8, 4) is 0 Å². The van der Waals surface area contributed by atoms with Crippen LogP contribution >= 0.6 is 47.9 Å². The summed E-state index contributed by atoms with van der Waals surface area (Å²) in [7, 11) is 0. The standard InChI is InChI=1S/C7H14S4/c1-6-10-5-7(11-6)9-4-2-3-8/h6-8H,2-5H2,1H3. The number of rotatable bonds is 4. The van der Waals surface area contributed by atoms with Gasteiger partial charge in [0.15, 0.2) is 0 Å². The lowest BCUT2D eigenvalue weighted by atomic mass is 10.6. The van der Waals surface area contributed by atoms with Gasteiger partial charge in [0.25, 0.3) is 0 Å². The molecular formula is C7H14S4. The third-order valence-electron chi connectivity index (χ3n) is 1.42. The van der Waals surface area contributed by atoms with Gasteiger partial charge in [-0.05, 0) is 24.9 Å². The molecule has 0 N–H and O–H groups in total. The minimum absolute atomic E-state index is 0.823. The highest BCUT2D eigenvalue weighted by molar-refractivity contribution is 8.27. The first-order valence-corrected chi connectivity index (χ1v) is 7.49. The molecule has 0 nitrogen and oxygen atoms in total. The summed E-state index contributed by atoms with van der Waals surface area (Å²) in [6.45, 7) is 2.30. The maximum atomic E-state index is 4.19. The Kier molecular flexibility index (Phi) is 5.67. The van der Waals surface area contributed by atoms with Gasteiger partial charge < -0.3 is 0 Å². The zero-order valence-corrected chi connectivity index (χ0v) is 10.00. The van der Waals surface area contributed by atoms with Gasteiger partial charge in [0.05, 0.1) is 4.58 Å². The summed E-state index contributed by atoms with van der Waals surface area (Å²) in [5.41, 5.74) is 0. The fourth-order valence-corrected chi connectivity index (χ4v) is 6.11. The Bertz CT molecular complexity index is 107. The van der Waals surface area contributed by atoms with Crippen LogP contribution in [-0.2, 0) is 0 Å². The molecule has 2 atom stereocenters. The topological polar surface area (TPSA) is 0 Å². The highest BCUT2D eigenvalue weighted by Crippen LogP contribution is 2.42. The van der Waals surface area contributed by atoms with E-state index in [4.69, 9.17) is 0 Å². The van der Waals surface area contributed by atoms with Crippen molar-refractivity contribution in [2.24, 2.45) is 0 Å². The second-order valence-corrected chi connectivity index (χ2v) is 7.69. The van der Waals surface area contributed by atoms with Gasteiger partial charge >= 0.3 is 0 Å². The van der Waals surface area contributed by atoms with Crippen LogP contribution in [0.15, 0.2) is 0 Å². The van der Waals surface area contributed by atoms with Crippen molar-refractivity contribution in [3.05, 3.63) is 0 Å². The minimum atomic E-state index is 0.823. The summed E-state index contributed by atoms with van der Waals surface area (Å²) in [5, 5.41) is 0. The molecule has 2 unspecified atom stereocenters. The summed E-state index contributed by atoms with van der Waals surface area (Å²) < 4.78 is 1.68. The van der Waals surface area contributed by atoms with E-state index in [1.54, 1.807) is 0 Å². The molecule has 1 rings (SSSR count). The van der Waals surface area contributed by atoms with E-state index in [0.717, 1.165) is 14.9 Å². The molecule has 11 heavy (non-hydrogen) atoms. The van der Waals surface area contributed by atoms with Crippen LogP contribution < -0.4 is 0 Å². The van der Waals surface area contributed by atoms with Crippen molar-refractivity contribution >= 4 is 47.9 Å². The predicted octanol–water partition coefficient (Wildman–Crippen LogP) is 3.19. The van der Waals surface area contributed by atoms with Crippen LogP contribution in [0, 0.1) is 0 Å². The molecule has 0 radical (unpaired) electrons. The molecule has 4 heteroatoms. The molecule has 0 aromatic rings. The summed E-state index contributed by atoms with van der Waals surface area (Å²) in [6.07, 6.45) is 1.25. The van der Waals surface area contributed by atoms with Crippen LogP contribution in [0.25, 0.3) is 0 Å². The molecule has 0 saturated carbocycles. The molecule has 1 aliphatic heterocycles. The summed E-state index contributed by atoms with van der Waals surface area (Å²) in [5.74, 6) is 3.66. The second kappa shape index (κ2) is 5.95. The molecular weight excluding hydrogens is 212 g/mol. The smallest absolute Gasteiger partial charge is 0.0604 e. The third-order valence-corrected chi connectivity index (χ3v) is 6.55. The highest BCUT2D eigenvalue weighted by atomic mass is 32.2. The summed E-state index contributed by atoms with van der Waals surface area (Å²) >= 11 is 10.5. The molecule has 0 amide bonds. The lowest BCUT2D eigenvalue weighted by molar-refractivity contribution is 1.13. The number of hydrogen-bond acceptors (Lipinski definition) is 4. The van der Waals surface area contributed by atoms with Crippen LogP contribution in [0.3, 0.4) is 0 Å². The quantitative estimate of drug-likeness (QED) is 0.578. The van der Waals surface area contributed by atoms with Crippen molar-refractivity contribution in [2.45, 2.75) is 22.5 Å². The Balaban J connectivity index is 1.99. The van der Waals surface area contributed by atoms with Gasteiger partial charge in [-0.2, -0.15) is 12.6 Å². The Hall–Kier alpha value is 1.40. The first-order valence-electron chi connectivity index (χ1n) is 3.82. The van der Waals surface area contributed by atoms with Gasteiger partial charge in [-0.15, -0.1) is 35.3 Å². The van der Waals surface area contributed by atoms with Gasteiger partial charge in [-0.1, -0.05) is 0 Å². The van der Waals surface area contributed by atoms with Crippen LogP contribution in [0.4, 0.5) is 0 Å². The van der Waals surface area contributed by atoms with Gasteiger partial charge in [0, 0.05) is 10.3 Å². The lowest BCUT2D eigenvalue weighted by Crippen LogP contribution is -1.96. The molecule has 0 bridgehead atoms. The Morgan fingerprint density at radius 3 is 3.00 bits per heavy atom. The van der Waals surface area contributed by atoms with E-state index >= 15 is 0 Å². The van der Waals surface area contributed by atoms with E-state index in [0.29, 0.717) is 0 Å². The van der Waals surface area contributed by atoms with E-state index in [1.165, 1.54) is 17.9 Å². The van der Waals surface area contributed by atoms with Crippen LogP contribution in [0.1, 0.15) is 13.3 Å². The molecule has 0 aliphatic carbocycles. The molecule has 1 heterocycles. The highest BCUT2D eigenvalue weighted by Gasteiger charge is 2.21. The van der Waals surface area contributed by atoms with E-state index in [9.17, 15) is 0 Å². The van der Waals surface area contributed by atoms with Crippen LogP contribution in [0.2, 0.25) is 0 Å². The van der Waals surface area contributed by atoms with E-state index in [1.807, 2.05) is 0 Å². The fourth-order valence-electron chi connectivity index (χ4n) is 0.873. The minimum Gasteiger partial charge on any atom is -0.179 e.